The van der Waals surface area contributed by atoms with E-state index in [1.165, 1.54) is 0 Å². The molecule has 22 heavy (non-hydrogen) atoms. The minimum atomic E-state index is -1.07. The van der Waals surface area contributed by atoms with Gasteiger partial charge in [-0.3, -0.25) is 14.3 Å². The molecule has 1 aliphatic rings. The second kappa shape index (κ2) is 5.64. The van der Waals surface area contributed by atoms with Gasteiger partial charge in [-0.25, -0.2) is 4.79 Å². The van der Waals surface area contributed by atoms with Gasteiger partial charge in [-0.2, -0.15) is 4.39 Å². The predicted molar refractivity (Wildman–Crippen MR) is 73.6 cm³/mol. The maximum Gasteiger partial charge on any atom is 0.330 e. The van der Waals surface area contributed by atoms with Crippen LogP contribution in [0.3, 0.4) is 0 Å². The molecular weight excluding hydrogens is 295 g/mol. The first-order valence-corrected chi connectivity index (χ1v) is 6.51. The van der Waals surface area contributed by atoms with Crippen LogP contribution in [0.15, 0.2) is 34.0 Å². The fourth-order valence-corrected chi connectivity index (χ4v) is 2.17. The van der Waals surface area contributed by atoms with Gasteiger partial charge in [0.15, 0.2) is 6.23 Å². The van der Waals surface area contributed by atoms with Gasteiger partial charge in [0, 0.05) is 5.56 Å². The van der Waals surface area contributed by atoms with Gasteiger partial charge in [0.2, 0.25) is 5.82 Å². The summed E-state index contributed by atoms with van der Waals surface area (Å²) in [7, 11) is 1.55. The van der Waals surface area contributed by atoms with Crippen molar-refractivity contribution in [2.24, 2.45) is 0 Å². The van der Waals surface area contributed by atoms with Crippen LogP contribution in [0.5, 0.6) is 11.5 Å². The molecule has 0 spiro atoms. The Morgan fingerprint density at radius 2 is 2.23 bits per heavy atom. The van der Waals surface area contributed by atoms with E-state index in [4.69, 9.17) is 14.2 Å². The molecule has 1 aliphatic heterocycles. The van der Waals surface area contributed by atoms with Crippen LogP contribution in [0.4, 0.5) is 4.39 Å². The number of halogens is 1. The van der Waals surface area contributed by atoms with Crippen molar-refractivity contribution in [3.8, 4) is 11.5 Å². The largest absolute Gasteiger partial charge is 0.497 e. The number of benzene rings is 1. The van der Waals surface area contributed by atoms with Crippen LogP contribution in [0.2, 0.25) is 0 Å². The first-order chi connectivity index (χ1) is 10.6. The maximum atomic E-state index is 13.4. The predicted octanol–water partition coefficient (Wildman–Crippen LogP) is 0.792. The van der Waals surface area contributed by atoms with Gasteiger partial charge in [-0.15, -0.1) is 0 Å². The van der Waals surface area contributed by atoms with Gasteiger partial charge < -0.3 is 14.2 Å². The molecule has 3 rings (SSSR count). The Morgan fingerprint density at radius 1 is 1.41 bits per heavy atom. The van der Waals surface area contributed by atoms with Crippen molar-refractivity contribution < 1.29 is 18.6 Å². The SMILES string of the molecule is COc1ccc2c(c1)CO[C@@H](n1cc(F)c(=O)[nH]c1=O)CO2. The number of rotatable bonds is 2. The average Bonchev–Trinajstić information content (AvgIpc) is 2.72. The van der Waals surface area contributed by atoms with E-state index in [-0.39, 0.29) is 13.2 Å². The number of methoxy groups -OCH3 is 1. The summed E-state index contributed by atoms with van der Waals surface area (Å²) < 4.78 is 30.6. The summed E-state index contributed by atoms with van der Waals surface area (Å²) in [5.41, 5.74) is -1.08. The lowest BCUT2D eigenvalue weighted by molar-refractivity contribution is -0.0295. The second-order valence-electron chi connectivity index (χ2n) is 4.69. The van der Waals surface area contributed by atoms with E-state index >= 15 is 0 Å². The molecule has 2 aromatic rings. The van der Waals surface area contributed by atoms with Crippen molar-refractivity contribution in [2.75, 3.05) is 13.7 Å². The van der Waals surface area contributed by atoms with Gasteiger partial charge in [0.05, 0.1) is 19.9 Å². The Morgan fingerprint density at radius 3 is 3.00 bits per heavy atom. The third-order valence-electron chi connectivity index (χ3n) is 3.31. The molecule has 7 nitrogen and oxygen atoms in total. The monoisotopic (exact) mass is 308 g/mol. The zero-order valence-corrected chi connectivity index (χ0v) is 11.7. The van der Waals surface area contributed by atoms with E-state index in [1.54, 1.807) is 25.3 Å². The second-order valence-corrected chi connectivity index (χ2v) is 4.69. The number of nitrogens with one attached hydrogen (secondary N) is 1. The zero-order chi connectivity index (χ0) is 15.7. The Hall–Kier alpha value is -2.61. The lowest BCUT2D eigenvalue weighted by Crippen LogP contribution is -2.36. The molecule has 0 fully saturated rings. The molecule has 0 bridgehead atoms. The lowest BCUT2D eigenvalue weighted by atomic mass is 10.2. The normalized spacial score (nSPS) is 17.3. The van der Waals surface area contributed by atoms with Gasteiger partial charge in [-0.1, -0.05) is 0 Å². The van der Waals surface area contributed by atoms with Crippen LogP contribution < -0.4 is 20.7 Å². The quantitative estimate of drug-likeness (QED) is 0.887. The molecule has 0 radical (unpaired) electrons. The summed E-state index contributed by atoms with van der Waals surface area (Å²) in [6.07, 6.45) is -0.0385. The summed E-state index contributed by atoms with van der Waals surface area (Å²) in [5, 5.41) is 0. The van der Waals surface area contributed by atoms with Crippen LogP contribution in [0.25, 0.3) is 0 Å². The maximum absolute atomic E-state index is 13.4. The van der Waals surface area contributed by atoms with E-state index in [1.807, 2.05) is 4.98 Å². The van der Waals surface area contributed by atoms with E-state index in [0.29, 0.717) is 11.5 Å². The highest BCUT2D eigenvalue weighted by atomic mass is 19.1. The van der Waals surface area contributed by atoms with Crippen molar-refractivity contribution in [3.63, 3.8) is 0 Å². The molecule has 1 atom stereocenters. The fourth-order valence-electron chi connectivity index (χ4n) is 2.17. The number of hydrogen-bond acceptors (Lipinski definition) is 5. The van der Waals surface area contributed by atoms with Crippen LogP contribution in [0.1, 0.15) is 11.8 Å². The first kappa shape index (κ1) is 14.3. The Labute approximate surface area is 123 Å². The zero-order valence-electron chi connectivity index (χ0n) is 11.7. The number of aromatic nitrogens is 2. The number of hydrogen-bond donors (Lipinski definition) is 1. The Bertz CT molecular complexity index is 814. The summed E-state index contributed by atoms with van der Waals surface area (Å²) in [5.74, 6) is 0.185. The van der Waals surface area contributed by atoms with Crippen molar-refractivity contribution >= 4 is 0 Å². The van der Waals surface area contributed by atoms with Gasteiger partial charge in [0.1, 0.15) is 18.1 Å². The summed E-state index contributed by atoms with van der Waals surface area (Å²) >= 11 is 0. The number of H-pyrrole nitrogens is 1. The standard InChI is InChI=1S/C14H13FN2O5/c1-20-9-2-3-11-8(4-9)6-22-12(7-21-11)17-5-10(15)13(18)16-14(17)19/h2-5,12H,6-7H2,1H3,(H,16,18,19)/t12-/m1/s1. The highest BCUT2D eigenvalue weighted by Gasteiger charge is 2.21. The van der Waals surface area contributed by atoms with Gasteiger partial charge in [0.25, 0.3) is 5.56 Å². The molecule has 1 aromatic heterocycles. The molecule has 8 heteroatoms. The number of nitrogens with zero attached hydrogens (tertiary/aromatic N) is 1. The third kappa shape index (κ3) is 2.60. The fraction of sp³-hybridized carbons (Fsp3) is 0.286. The van der Waals surface area contributed by atoms with Crippen molar-refractivity contribution in [1.29, 1.82) is 0 Å². The van der Waals surface area contributed by atoms with Crippen molar-refractivity contribution in [3.05, 3.63) is 56.6 Å². The average molecular weight is 308 g/mol. The third-order valence-corrected chi connectivity index (χ3v) is 3.31. The Balaban J connectivity index is 1.90. The number of aromatic amines is 1. The molecule has 1 N–H and O–H groups in total. The summed E-state index contributed by atoms with van der Waals surface area (Å²) in [6, 6.07) is 5.23. The van der Waals surface area contributed by atoms with Crippen LogP contribution in [-0.4, -0.2) is 23.3 Å². The van der Waals surface area contributed by atoms with Crippen molar-refractivity contribution in [1.82, 2.24) is 9.55 Å². The van der Waals surface area contributed by atoms with Gasteiger partial charge in [-0.05, 0) is 18.2 Å². The molecule has 0 saturated heterocycles. The minimum absolute atomic E-state index is 0.00468. The van der Waals surface area contributed by atoms with E-state index < -0.39 is 23.3 Å². The molecule has 0 aliphatic carbocycles. The summed E-state index contributed by atoms with van der Waals surface area (Å²) in [4.78, 5) is 24.7. The van der Waals surface area contributed by atoms with E-state index in [2.05, 4.69) is 0 Å². The Kier molecular flexibility index (Phi) is 3.68. The molecular formula is C14H13FN2O5. The number of ether oxygens (including phenoxy) is 3. The van der Waals surface area contributed by atoms with Crippen LogP contribution in [-0.2, 0) is 11.3 Å². The molecule has 0 saturated carbocycles. The molecule has 1 aromatic carbocycles. The molecule has 0 amide bonds. The van der Waals surface area contributed by atoms with Crippen LogP contribution >= 0.6 is 0 Å². The lowest BCUT2D eigenvalue weighted by Gasteiger charge is -2.16. The minimum Gasteiger partial charge on any atom is -0.497 e. The highest BCUT2D eigenvalue weighted by Crippen LogP contribution is 2.29. The van der Waals surface area contributed by atoms with Gasteiger partial charge >= 0.3 is 5.69 Å². The van der Waals surface area contributed by atoms with E-state index in [9.17, 15) is 14.0 Å². The highest BCUT2D eigenvalue weighted by molar-refractivity contribution is 5.40. The number of fused-ring (bicyclic) bond motifs is 1. The smallest absolute Gasteiger partial charge is 0.330 e. The molecule has 2 heterocycles. The molecule has 0 unspecified atom stereocenters. The molecule has 116 valence electrons. The summed E-state index contributed by atoms with van der Waals surface area (Å²) in [6.45, 7) is 0.162. The van der Waals surface area contributed by atoms with E-state index in [0.717, 1.165) is 16.3 Å². The van der Waals surface area contributed by atoms with Crippen molar-refractivity contribution in [2.45, 2.75) is 12.8 Å². The topological polar surface area (TPSA) is 82.5 Å². The first-order valence-electron chi connectivity index (χ1n) is 6.51. The van der Waals surface area contributed by atoms with Crippen LogP contribution in [0, 0.1) is 5.82 Å².